The molecule has 1 fully saturated rings. The number of nitrogens with one attached hydrogen (secondary N) is 3. The van der Waals surface area contributed by atoms with Gasteiger partial charge in [-0.3, -0.25) is 0 Å². The van der Waals surface area contributed by atoms with Crippen molar-refractivity contribution in [1.82, 2.24) is 15.8 Å². The quantitative estimate of drug-likeness (QED) is 0.461. The molecule has 0 bridgehead atoms. The molecule has 0 aromatic heterocycles. The van der Waals surface area contributed by atoms with Crippen molar-refractivity contribution in [2.45, 2.75) is 39.2 Å². The first kappa shape index (κ1) is 17.3. The Labute approximate surface area is 126 Å². The van der Waals surface area contributed by atoms with Crippen LogP contribution < -0.4 is 16.6 Å². The zero-order valence-corrected chi connectivity index (χ0v) is 13.3. The molecule has 7 heteroatoms. The summed E-state index contributed by atoms with van der Waals surface area (Å²) >= 11 is 0. The summed E-state index contributed by atoms with van der Waals surface area (Å²) in [7, 11) is 1.70. The molecule has 1 atom stereocenters. The summed E-state index contributed by atoms with van der Waals surface area (Å²) in [4.78, 5) is 13.7. The first-order chi connectivity index (χ1) is 9.73. The van der Waals surface area contributed by atoms with Crippen molar-refractivity contribution in [1.29, 1.82) is 5.41 Å². The van der Waals surface area contributed by atoms with Crippen LogP contribution >= 0.6 is 0 Å². The number of carbonyl (C=O) groups excluding carboxylic acids is 1. The summed E-state index contributed by atoms with van der Waals surface area (Å²) < 4.78 is 5.38. The fraction of sp³-hybridized carbons (Fsp3) is 0.714. The molecule has 0 aliphatic carbocycles. The van der Waals surface area contributed by atoms with Crippen LogP contribution in [0.15, 0.2) is 11.9 Å². The van der Waals surface area contributed by atoms with E-state index in [1.165, 1.54) is 0 Å². The second-order valence-corrected chi connectivity index (χ2v) is 6.20. The van der Waals surface area contributed by atoms with Gasteiger partial charge in [0.1, 0.15) is 11.4 Å². The monoisotopic (exact) mass is 297 g/mol. The van der Waals surface area contributed by atoms with E-state index in [1.807, 2.05) is 20.8 Å². The van der Waals surface area contributed by atoms with E-state index in [1.54, 1.807) is 18.0 Å². The van der Waals surface area contributed by atoms with Crippen molar-refractivity contribution in [2.24, 2.45) is 11.7 Å². The third kappa shape index (κ3) is 6.03. The smallest absolute Gasteiger partial charge is 0.410 e. The lowest BCUT2D eigenvalue weighted by Crippen LogP contribution is -2.44. The van der Waals surface area contributed by atoms with E-state index >= 15 is 0 Å². The molecule has 1 amide bonds. The Hall–Kier alpha value is -1.76. The summed E-state index contributed by atoms with van der Waals surface area (Å²) in [6.07, 6.45) is 3.01. The zero-order valence-electron chi connectivity index (χ0n) is 13.3. The molecule has 1 unspecified atom stereocenters. The van der Waals surface area contributed by atoms with Crippen LogP contribution in [-0.2, 0) is 4.74 Å². The predicted molar refractivity (Wildman–Crippen MR) is 82.7 cm³/mol. The van der Waals surface area contributed by atoms with Gasteiger partial charge in [0.15, 0.2) is 0 Å². The Morgan fingerprint density at radius 2 is 2.14 bits per heavy atom. The van der Waals surface area contributed by atoms with E-state index in [9.17, 15) is 4.79 Å². The Balaban J connectivity index is 2.61. The largest absolute Gasteiger partial charge is 0.444 e. The molecule has 21 heavy (non-hydrogen) atoms. The van der Waals surface area contributed by atoms with E-state index in [4.69, 9.17) is 15.9 Å². The number of ether oxygens (including phenoxy) is 1. The van der Waals surface area contributed by atoms with Gasteiger partial charge in [-0.1, -0.05) is 0 Å². The number of rotatable bonds is 4. The number of nitrogens with zero attached hydrogens (tertiary/aromatic N) is 1. The van der Waals surface area contributed by atoms with Crippen LogP contribution in [0.4, 0.5) is 4.79 Å². The summed E-state index contributed by atoms with van der Waals surface area (Å²) in [5, 5.41) is 8.10. The normalized spacial score (nSPS) is 20.1. The van der Waals surface area contributed by atoms with Crippen LogP contribution in [0.5, 0.6) is 0 Å². The van der Waals surface area contributed by atoms with Crippen LogP contribution in [0.1, 0.15) is 33.6 Å². The molecule has 5 N–H and O–H groups in total. The highest BCUT2D eigenvalue weighted by Gasteiger charge is 2.29. The van der Waals surface area contributed by atoms with Gasteiger partial charge in [0.05, 0.1) is 0 Å². The molecule has 1 rings (SSSR count). The van der Waals surface area contributed by atoms with E-state index in [2.05, 4.69) is 10.9 Å². The fourth-order valence-corrected chi connectivity index (χ4v) is 2.19. The summed E-state index contributed by atoms with van der Waals surface area (Å²) in [5.41, 5.74) is 11.1. The average Bonchev–Trinajstić information content (AvgIpc) is 2.37. The lowest BCUT2D eigenvalue weighted by molar-refractivity contribution is 0.0194. The molecule has 120 valence electrons. The molecule has 7 nitrogen and oxygen atoms in total. The van der Waals surface area contributed by atoms with Crippen LogP contribution in [-0.4, -0.2) is 42.4 Å². The highest BCUT2D eigenvalue weighted by Crippen LogP contribution is 2.20. The number of allylic oxidation sites excluding steroid dienone is 1. The van der Waals surface area contributed by atoms with Gasteiger partial charge in [0.25, 0.3) is 0 Å². The molecular formula is C14H27N5O2. The Morgan fingerprint density at radius 1 is 1.48 bits per heavy atom. The van der Waals surface area contributed by atoms with Gasteiger partial charge in [-0.15, -0.1) is 0 Å². The van der Waals surface area contributed by atoms with Gasteiger partial charge in [-0.2, -0.15) is 0 Å². The van der Waals surface area contributed by atoms with Crippen LogP contribution in [0.2, 0.25) is 0 Å². The molecule has 0 spiro atoms. The Morgan fingerprint density at radius 3 is 2.71 bits per heavy atom. The molecule has 0 aromatic rings. The van der Waals surface area contributed by atoms with Gasteiger partial charge in [0.2, 0.25) is 0 Å². The Kier molecular flexibility index (Phi) is 6.02. The van der Waals surface area contributed by atoms with Gasteiger partial charge >= 0.3 is 6.09 Å². The first-order valence-electron chi connectivity index (χ1n) is 7.19. The molecule has 1 aliphatic rings. The highest BCUT2D eigenvalue weighted by atomic mass is 16.6. The maximum absolute atomic E-state index is 12.1. The minimum Gasteiger partial charge on any atom is -0.444 e. The highest BCUT2D eigenvalue weighted by molar-refractivity contribution is 5.95. The maximum Gasteiger partial charge on any atom is 0.410 e. The molecule has 0 saturated carbocycles. The zero-order chi connectivity index (χ0) is 16.0. The number of piperidine rings is 1. The molecular weight excluding hydrogens is 270 g/mol. The summed E-state index contributed by atoms with van der Waals surface area (Å²) in [6, 6.07) is 0. The van der Waals surface area contributed by atoms with E-state index in [-0.39, 0.29) is 12.0 Å². The van der Waals surface area contributed by atoms with Crippen LogP contribution in [0.25, 0.3) is 0 Å². The van der Waals surface area contributed by atoms with E-state index in [0.29, 0.717) is 24.6 Å². The predicted octanol–water partition coefficient (Wildman–Crippen LogP) is 1.18. The second-order valence-electron chi connectivity index (χ2n) is 6.20. The van der Waals surface area contributed by atoms with Gasteiger partial charge in [-0.05, 0) is 33.6 Å². The maximum atomic E-state index is 12.1. The minimum atomic E-state index is -0.501. The second kappa shape index (κ2) is 7.31. The lowest BCUT2D eigenvalue weighted by Gasteiger charge is -2.34. The number of hydrogen-bond donors (Lipinski definition) is 4. The summed E-state index contributed by atoms with van der Waals surface area (Å²) in [5.74, 6) is 0.375. The SMILES string of the molecule is CNN/C(N)=C\C(=N)C1CCCN(C(=O)OC(C)(C)C)C1. The van der Waals surface area contributed by atoms with Crippen LogP contribution in [0, 0.1) is 11.3 Å². The first-order valence-corrected chi connectivity index (χ1v) is 7.19. The average molecular weight is 297 g/mol. The fourth-order valence-electron chi connectivity index (χ4n) is 2.19. The number of likely N-dealkylation sites (tertiary alicyclic amines) is 1. The molecule has 1 heterocycles. The van der Waals surface area contributed by atoms with Crippen molar-refractivity contribution in [3.05, 3.63) is 11.9 Å². The number of hydrazine groups is 1. The third-order valence-corrected chi connectivity index (χ3v) is 3.09. The number of nitrogens with two attached hydrogens (primary N) is 1. The van der Waals surface area contributed by atoms with E-state index < -0.39 is 5.60 Å². The molecule has 1 aliphatic heterocycles. The standard InChI is InChI=1S/C14H27N5O2/c1-14(2,3)21-13(20)19-7-5-6-10(9-19)11(15)8-12(16)18-17-4/h8,10,15,17-18H,5-7,9,16H2,1-4H3/b12-8-,15-11?. The number of amides is 1. The van der Waals surface area contributed by atoms with Gasteiger partial charge in [0, 0.05) is 37.8 Å². The third-order valence-electron chi connectivity index (χ3n) is 3.09. The van der Waals surface area contributed by atoms with Crippen molar-refractivity contribution >= 4 is 11.8 Å². The van der Waals surface area contributed by atoms with Gasteiger partial charge in [-0.25, -0.2) is 10.2 Å². The molecule has 1 saturated heterocycles. The lowest BCUT2D eigenvalue weighted by atomic mass is 9.93. The Bertz CT molecular complexity index is 414. The number of hydrogen-bond acceptors (Lipinski definition) is 6. The van der Waals surface area contributed by atoms with E-state index in [0.717, 1.165) is 12.8 Å². The molecule has 0 aromatic carbocycles. The van der Waals surface area contributed by atoms with Crippen LogP contribution in [0.3, 0.4) is 0 Å². The number of carbonyl (C=O) groups is 1. The summed E-state index contributed by atoms with van der Waals surface area (Å²) in [6.45, 7) is 6.72. The van der Waals surface area contributed by atoms with Gasteiger partial charge < -0.3 is 26.2 Å². The van der Waals surface area contributed by atoms with Crippen molar-refractivity contribution in [2.75, 3.05) is 20.1 Å². The van der Waals surface area contributed by atoms with Crippen molar-refractivity contribution < 1.29 is 9.53 Å². The topological polar surface area (TPSA) is 103 Å². The van der Waals surface area contributed by atoms with Crippen molar-refractivity contribution in [3.8, 4) is 0 Å². The minimum absolute atomic E-state index is 0.0107. The van der Waals surface area contributed by atoms with Crippen molar-refractivity contribution in [3.63, 3.8) is 0 Å². The molecule has 0 radical (unpaired) electrons.